The lowest BCUT2D eigenvalue weighted by Gasteiger charge is -2.46. The van der Waals surface area contributed by atoms with Crippen molar-refractivity contribution in [1.82, 2.24) is 0 Å². The summed E-state index contributed by atoms with van der Waals surface area (Å²) in [6.45, 7) is 7.00. The Bertz CT molecular complexity index is 688. The third-order valence-electron chi connectivity index (χ3n) is 6.36. The van der Waals surface area contributed by atoms with Gasteiger partial charge >= 0.3 is 5.97 Å². The summed E-state index contributed by atoms with van der Waals surface area (Å²) in [5.41, 5.74) is 2.79. The van der Waals surface area contributed by atoms with Crippen molar-refractivity contribution in [2.24, 2.45) is 16.7 Å². The minimum Gasteiger partial charge on any atom is -0.457 e. The highest BCUT2D eigenvalue weighted by molar-refractivity contribution is 6.30. The van der Waals surface area contributed by atoms with Crippen LogP contribution in [0.5, 0.6) is 0 Å². The molecule has 0 spiro atoms. The zero-order valence-corrected chi connectivity index (χ0v) is 14.7. The largest absolute Gasteiger partial charge is 0.457 e. The molecule has 2 aliphatic carbocycles. The number of carbonyl (C=O) groups is 1. The number of benzene rings is 1. The fourth-order valence-electron chi connectivity index (χ4n) is 5.37. The molecule has 4 atom stereocenters. The fraction of sp³-hybridized carbons (Fsp3) is 0.550. The molecule has 0 aromatic heterocycles. The lowest BCUT2D eigenvalue weighted by molar-refractivity contribution is -0.141. The molecule has 0 unspecified atom stereocenters. The summed E-state index contributed by atoms with van der Waals surface area (Å²) in [5, 5.41) is 0.701. The molecule has 1 heterocycles. The molecule has 3 aliphatic rings. The summed E-state index contributed by atoms with van der Waals surface area (Å²) in [5.74, 6) is -0.0436. The Hall–Kier alpha value is -1.28. The SMILES string of the molecule is CC1(C)CCC[C@@]2(C)C1=C[C@H]1OC(=O)[C@H](c3ccc(Cl)cc3)[C@H]12. The Morgan fingerprint density at radius 1 is 1.13 bits per heavy atom. The summed E-state index contributed by atoms with van der Waals surface area (Å²) in [7, 11) is 0. The second-order valence-corrected chi connectivity index (χ2v) is 8.63. The van der Waals surface area contributed by atoms with Crippen LogP contribution >= 0.6 is 11.6 Å². The molecular weight excluding hydrogens is 308 g/mol. The quantitative estimate of drug-likeness (QED) is 0.527. The van der Waals surface area contributed by atoms with Crippen molar-refractivity contribution < 1.29 is 9.53 Å². The number of allylic oxidation sites excluding steroid dienone is 1. The van der Waals surface area contributed by atoms with Crippen LogP contribution in [0.2, 0.25) is 5.02 Å². The topological polar surface area (TPSA) is 26.3 Å². The molecule has 1 aliphatic heterocycles. The number of ether oxygens (including phenoxy) is 1. The predicted octanol–water partition coefficient (Wildman–Crippen LogP) is 5.12. The number of carbonyl (C=O) groups excluding carboxylic acids is 1. The van der Waals surface area contributed by atoms with Gasteiger partial charge in [-0.05, 0) is 47.4 Å². The minimum absolute atomic E-state index is 0.0584. The first kappa shape index (κ1) is 15.3. The van der Waals surface area contributed by atoms with E-state index in [-0.39, 0.29) is 34.7 Å². The van der Waals surface area contributed by atoms with Gasteiger partial charge in [0.05, 0.1) is 5.92 Å². The van der Waals surface area contributed by atoms with Gasteiger partial charge in [-0.3, -0.25) is 4.79 Å². The first-order valence-electron chi connectivity index (χ1n) is 8.52. The van der Waals surface area contributed by atoms with Gasteiger partial charge < -0.3 is 4.74 Å². The maximum absolute atomic E-state index is 12.6. The van der Waals surface area contributed by atoms with Crippen LogP contribution in [0.4, 0.5) is 0 Å². The number of fused-ring (bicyclic) bond motifs is 3. The smallest absolute Gasteiger partial charge is 0.314 e. The van der Waals surface area contributed by atoms with E-state index in [1.165, 1.54) is 18.4 Å². The summed E-state index contributed by atoms with van der Waals surface area (Å²) in [6, 6.07) is 7.69. The van der Waals surface area contributed by atoms with Crippen molar-refractivity contribution in [3.8, 4) is 0 Å². The van der Waals surface area contributed by atoms with Gasteiger partial charge in [0.15, 0.2) is 0 Å². The normalized spacial score (nSPS) is 37.8. The van der Waals surface area contributed by atoms with Gasteiger partial charge in [-0.15, -0.1) is 0 Å². The molecule has 4 rings (SSSR count). The van der Waals surface area contributed by atoms with Crippen LogP contribution in [0.1, 0.15) is 51.5 Å². The molecule has 1 aromatic carbocycles. The molecule has 2 nitrogen and oxygen atoms in total. The third-order valence-corrected chi connectivity index (χ3v) is 6.61. The number of halogens is 1. The van der Waals surface area contributed by atoms with Crippen LogP contribution in [-0.4, -0.2) is 12.1 Å². The van der Waals surface area contributed by atoms with E-state index in [1.807, 2.05) is 24.3 Å². The Labute approximate surface area is 142 Å². The summed E-state index contributed by atoms with van der Waals surface area (Å²) in [4.78, 5) is 12.6. The maximum atomic E-state index is 12.6. The van der Waals surface area contributed by atoms with Crippen molar-refractivity contribution >= 4 is 17.6 Å². The first-order chi connectivity index (χ1) is 10.8. The zero-order valence-electron chi connectivity index (χ0n) is 13.9. The Morgan fingerprint density at radius 2 is 1.83 bits per heavy atom. The van der Waals surface area contributed by atoms with Crippen LogP contribution < -0.4 is 0 Å². The average molecular weight is 331 g/mol. The molecule has 0 radical (unpaired) electrons. The lowest BCUT2D eigenvalue weighted by Crippen LogP contribution is -2.39. The van der Waals surface area contributed by atoms with Gasteiger partial charge in [-0.1, -0.05) is 56.5 Å². The molecule has 122 valence electrons. The Balaban J connectivity index is 1.78. The molecule has 23 heavy (non-hydrogen) atoms. The molecule has 0 bridgehead atoms. The Kier molecular flexibility index (Phi) is 3.22. The van der Waals surface area contributed by atoms with Crippen LogP contribution in [0, 0.1) is 16.7 Å². The van der Waals surface area contributed by atoms with Crippen molar-refractivity contribution in [2.45, 2.75) is 52.1 Å². The molecular formula is C20H23ClO2. The van der Waals surface area contributed by atoms with Crippen molar-refractivity contribution in [2.75, 3.05) is 0 Å². The fourth-order valence-corrected chi connectivity index (χ4v) is 5.49. The van der Waals surface area contributed by atoms with Crippen LogP contribution in [0.15, 0.2) is 35.9 Å². The van der Waals surface area contributed by atoms with Crippen LogP contribution in [-0.2, 0) is 9.53 Å². The van der Waals surface area contributed by atoms with E-state index in [1.54, 1.807) is 0 Å². The van der Waals surface area contributed by atoms with Gasteiger partial charge in [-0.2, -0.15) is 0 Å². The lowest BCUT2D eigenvalue weighted by atomic mass is 9.56. The van der Waals surface area contributed by atoms with E-state index in [9.17, 15) is 4.79 Å². The van der Waals surface area contributed by atoms with E-state index >= 15 is 0 Å². The van der Waals surface area contributed by atoms with Gasteiger partial charge in [0.1, 0.15) is 6.10 Å². The first-order valence-corrected chi connectivity index (χ1v) is 8.89. The highest BCUT2D eigenvalue weighted by atomic mass is 35.5. The molecule has 1 aromatic rings. The summed E-state index contributed by atoms with van der Waals surface area (Å²) < 4.78 is 5.78. The van der Waals surface area contributed by atoms with Crippen LogP contribution in [0.3, 0.4) is 0 Å². The number of hydrogen-bond acceptors (Lipinski definition) is 2. The molecule has 1 saturated heterocycles. The van der Waals surface area contributed by atoms with Gasteiger partial charge in [0.25, 0.3) is 0 Å². The number of rotatable bonds is 1. The minimum atomic E-state index is -0.176. The van der Waals surface area contributed by atoms with E-state index in [4.69, 9.17) is 16.3 Å². The third kappa shape index (κ3) is 2.11. The van der Waals surface area contributed by atoms with Crippen molar-refractivity contribution in [3.63, 3.8) is 0 Å². The second kappa shape index (κ2) is 4.86. The van der Waals surface area contributed by atoms with Crippen molar-refractivity contribution in [1.29, 1.82) is 0 Å². The standard InChI is InChI=1S/C20H23ClO2/c1-19(2)9-4-10-20(3)15(19)11-14-17(20)16(18(22)23-14)12-5-7-13(21)8-6-12/h5-8,11,14,16-17H,4,9-10H2,1-3H3/t14-,16-,17+,20+/m1/s1. The molecule has 2 fully saturated rings. The van der Waals surface area contributed by atoms with E-state index in [2.05, 4.69) is 26.8 Å². The van der Waals surface area contributed by atoms with E-state index in [0.717, 1.165) is 12.0 Å². The second-order valence-electron chi connectivity index (χ2n) is 8.19. The molecule has 1 saturated carbocycles. The zero-order chi connectivity index (χ0) is 16.4. The Morgan fingerprint density at radius 3 is 2.52 bits per heavy atom. The van der Waals surface area contributed by atoms with E-state index < -0.39 is 0 Å². The number of esters is 1. The monoisotopic (exact) mass is 330 g/mol. The van der Waals surface area contributed by atoms with Crippen molar-refractivity contribution in [3.05, 3.63) is 46.5 Å². The number of hydrogen-bond donors (Lipinski definition) is 0. The molecule has 0 amide bonds. The predicted molar refractivity (Wildman–Crippen MR) is 91.4 cm³/mol. The summed E-state index contributed by atoms with van der Waals surface area (Å²) in [6.07, 6.45) is 5.77. The van der Waals surface area contributed by atoms with Gasteiger partial charge in [-0.25, -0.2) is 0 Å². The van der Waals surface area contributed by atoms with Gasteiger partial charge in [0.2, 0.25) is 0 Å². The van der Waals surface area contributed by atoms with Gasteiger partial charge in [0, 0.05) is 10.9 Å². The average Bonchev–Trinajstić information content (AvgIpc) is 2.95. The maximum Gasteiger partial charge on any atom is 0.314 e. The molecule has 0 N–H and O–H groups in total. The van der Waals surface area contributed by atoms with E-state index in [0.29, 0.717) is 5.02 Å². The molecule has 3 heteroatoms. The highest BCUT2D eigenvalue weighted by Crippen LogP contribution is 2.64. The summed E-state index contributed by atoms with van der Waals surface area (Å²) >= 11 is 6.02. The van der Waals surface area contributed by atoms with Crippen LogP contribution in [0.25, 0.3) is 0 Å². The highest BCUT2D eigenvalue weighted by Gasteiger charge is 2.61.